The number of benzene rings is 2. The van der Waals surface area contributed by atoms with Crippen molar-refractivity contribution in [3.05, 3.63) is 54.3 Å². The number of amides is 1. The molecule has 2 aromatic carbocycles. The average Bonchev–Trinajstić information content (AvgIpc) is 3.05. The summed E-state index contributed by atoms with van der Waals surface area (Å²) in [5, 5.41) is 7.25. The van der Waals surface area contributed by atoms with Crippen molar-refractivity contribution in [3.8, 4) is 23.1 Å². The van der Waals surface area contributed by atoms with Gasteiger partial charge < -0.3 is 10.1 Å². The summed E-state index contributed by atoms with van der Waals surface area (Å²) in [6, 6.07) is 13.6. The number of halogens is 1. The van der Waals surface area contributed by atoms with E-state index in [9.17, 15) is 9.18 Å². The smallest absolute Gasteiger partial charge is 0.336 e. The van der Waals surface area contributed by atoms with E-state index in [1.54, 1.807) is 16.8 Å². The van der Waals surface area contributed by atoms with Gasteiger partial charge in [-0.1, -0.05) is 18.6 Å². The van der Waals surface area contributed by atoms with Gasteiger partial charge in [0.1, 0.15) is 5.82 Å². The number of methoxy groups -OCH3 is 1. The van der Waals surface area contributed by atoms with Crippen molar-refractivity contribution in [2.24, 2.45) is 5.92 Å². The first-order chi connectivity index (χ1) is 13.1. The van der Waals surface area contributed by atoms with Crippen molar-refractivity contribution in [2.75, 3.05) is 12.4 Å². The number of hydrogen-bond donors (Lipinski definition) is 1. The molecular formula is C20H19FN4O2. The Labute approximate surface area is 156 Å². The standard InChI is InChI=1S/C20H19FN4O2/c1-27-20-23-18(14-6-3-7-15(21)12-14)25(24-20)17-10-8-16(9-11-17)22-19(26)13-4-2-5-13/h3,6-13H,2,4-5H2,1H3,(H,22,26). The molecule has 0 aliphatic heterocycles. The highest BCUT2D eigenvalue weighted by atomic mass is 19.1. The highest BCUT2D eigenvalue weighted by Crippen LogP contribution is 2.28. The number of nitrogens with one attached hydrogen (secondary N) is 1. The summed E-state index contributed by atoms with van der Waals surface area (Å²) in [5.41, 5.74) is 2.05. The minimum Gasteiger partial charge on any atom is -0.466 e. The Bertz CT molecular complexity index is 964. The van der Waals surface area contributed by atoms with Crippen LogP contribution in [0.2, 0.25) is 0 Å². The Morgan fingerprint density at radius 3 is 2.63 bits per heavy atom. The number of carbonyl (C=O) groups excluding carboxylic acids is 1. The quantitative estimate of drug-likeness (QED) is 0.745. The van der Waals surface area contributed by atoms with Gasteiger partial charge in [0.05, 0.1) is 12.8 Å². The molecule has 7 heteroatoms. The number of aromatic nitrogens is 3. The molecule has 1 aliphatic carbocycles. The summed E-state index contributed by atoms with van der Waals surface area (Å²) in [4.78, 5) is 16.4. The third-order valence-electron chi connectivity index (χ3n) is 4.71. The van der Waals surface area contributed by atoms with Gasteiger partial charge in [0, 0.05) is 17.2 Å². The molecule has 0 atom stereocenters. The molecule has 1 amide bonds. The minimum atomic E-state index is -0.352. The van der Waals surface area contributed by atoms with E-state index in [0.717, 1.165) is 30.6 Å². The highest BCUT2D eigenvalue weighted by molar-refractivity contribution is 5.93. The monoisotopic (exact) mass is 366 g/mol. The first-order valence-corrected chi connectivity index (χ1v) is 8.82. The number of hydrogen-bond acceptors (Lipinski definition) is 4. The number of carbonyl (C=O) groups is 1. The van der Waals surface area contributed by atoms with E-state index in [1.165, 1.54) is 19.2 Å². The molecule has 6 nitrogen and oxygen atoms in total. The predicted molar refractivity (Wildman–Crippen MR) is 99.3 cm³/mol. The van der Waals surface area contributed by atoms with Crippen LogP contribution >= 0.6 is 0 Å². The topological polar surface area (TPSA) is 69.0 Å². The summed E-state index contributed by atoms with van der Waals surface area (Å²) < 4.78 is 20.3. The molecular weight excluding hydrogens is 347 g/mol. The predicted octanol–water partition coefficient (Wildman–Crippen LogP) is 3.82. The van der Waals surface area contributed by atoms with Gasteiger partial charge in [-0.15, -0.1) is 5.10 Å². The normalized spacial score (nSPS) is 13.9. The van der Waals surface area contributed by atoms with Crippen molar-refractivity contribution in [3.63, 3.8) is 0 Å². The van der Waals surface area contributed by atoms with Gasteiger partial charge >= 0.3 is 6.01 Å². The number of ether oxygens (including phenoxy) is 1. The first-order valence-electron chi connectivity index (χ1n) is 8.82. The van der Waals surface area contributed by atoms with Gasteiger partial charge in [-0.3, -0.25) is 4.79 Å². The molecule has 27 heavy (non-hydrogen) atoms. The molecule has 1 saturated carbocycles. The van der Waals surface area contributed by atoms with Gasteiger partial charge in [0.2, 0.25) is 5.91 Å². The van der Waals surface area contributed by atoms with Crippen LogP contribution in [0.3, 0.4) is 0 Å². The molecule has 138 valence electrons. The van der Waals surface area contributed by atoms with E-state index in [1.807, 2.05) is 24.3 Å². The number of anilines is 1. The molecule has 1 aromatic heterocycles. The number of rotatable bonds is 5. The molecule has 0 bridgehead atoms. The second kappa shape index (κ2) is 7.19. The van der Waals surface area contributed by atoms with Crippen molar-refractivity contribution < 1.29 is 13.9 Å². The maximum absolute atomic E-state index is 13.6. The molecule has 0 radical (unpaired) electrons. The summed E-state index contributed by atoms with van der Waals surface area (Å²) in [6.07, 6.45) is 3.04. The molecule has 1 N–H and O–H groups in total. The lowest BCUT2D eigenvalue weighted by Crippen LogP contribution is -2.27. The van der Waals surface area contributed by atoms with Crippen LogP contribution in [0.5, 0.6) is 6.01 Å². The van der Waals surface area contributed by atoms with Gasteiger partial charge in [-0.05, 0) is 49.2 Å². The van der Waals surface area contributed by atoms with Crippen LogP contribution in [-0.2, 0) is 4.79 Å². The Balaban J connectivity index is 1.62. The van der Waals surface area contributed by atoms with E-state index in [0.29, 0.717) is 11.4 Å². The Hall–Kier alpha value is -3.22. The van der Waals surface area contributed by atoms with Crippen LogP contribution in [0, 0.1) is 11.7 Å². The van der Waals surface area contributed by atoms with Crippen molar-refractivity contribution in [1.82, 2.24) is 14.8 Å². The zero-order valence-corrected chi connectivity index (χ0v) is 14.9. The van der Waals surface area contributed by atoms with Crippen LogP contribution in [0.4, 0.5) is 10.1 Å². The van der Waals surface area contributed by atoms with E-state index >= 15 is 0 Å². The lowest BCUT2D eigenvalue weighted by molar-refractivity contribution is -0.122. The highest BCUT2D eigenvalue weighted by Gasteiger charge is 2.25. The van der Waals surface area contributed by atoms with Gasteiger partial charge in [0.15, 0.2) is 5.82 Å². The summed E-state index contributed by atoms with van der Waals surface area (Å²) in [7, 11) is 1.48. The van der Waals surface area contributed by atoms with Gasteiger partial charge in [-0.2, -0.15) is 4.98 Å². The SMILES string of the molecule is COc1nc(-c2cccc(F)c2)n(-c2ccc(NC(=O)C3CCC3)cc2)n1. The third kappa shape index (κ3) is 3.53. The van der Waals surface area contributed by atoms with Crippen molar-refractivity contribution in [1.29, 1.82) is 0 Å². The zero-order valence-electron chi connectivity index (χ0n) is 14.9. The second-order valence-corrected chi connectivity index (χ2v) is 6.51. The van der Waals surface area contributed by atoms with Crippen LogP contribution in [-0.4, -0.2) is 27.8 Å². The fourth-order valence-corrected chi connectivity index (χ4v) is 2.97. The molecule has 0 spiro atoms. The fourth-order valence-electron chi connectivity index (χ4n) is 2.97. The molecule has 3 aromatic rings. The largest absolute Gasteiger partial charge is 0.466 e. The van der Waals surface area contributed by atoms with E-state index in [4.69, 9.17) is 4.74 Å². The maximum atomic E-state index is 13.6. The van der Waals surface area contributed by atoms with E-state index in [2.05, 4.69) is 15.4 Å². The first kappa shape index (κ1) is 17.2. The Morgan fingerprint density at radius 1 is 1.22 bits per heavy atom. The van der Waals surface area contributed by atoms with Crippen LogP contribution < -0.4 is 10.1 Å². The van der Waals surface area contributed by atoms with Gasteiger partial charge in [0.25, 0.3) is 0 Å². The molecule has 4 rings (SSSR count). The fraction of sp³-hybridized carbons (Fsp3) is 0.250. The second-order valence-electron chi connectivity index (χ2n) is 6.51. The molecule has 1 fully saturated rings. The van der Waals surface area contributed by atoms with Crippen molar-refractivity contribution >= 4 is 11.6 Å². The lowest BCUT2D eigenvalue weighted by atomic mass is 9.85. The molecule has 0 saturated heterocycles. The van der Waals surface area contributed by atoms with Crippen LogP contribution in [0.15, 0.2) is 48.5 Å². The van der Waals surface area contributed by atoms with Crippen LogP contribution in [0.1, 0.15) is 19.3 Å². The third-order valence-corrected chi connectivity index (χ3v) is 4.71. The Kier molecular flexibility index (Phi) is 4.58. The van der Waals surface area contributed by atoms with E-state index in [-0.39, 0.29) is 23.7 Å². The summed E-state index contributed by atoms with van der Waals surface area (Å²) in [6.45, 7) is 0. The van der Waals surface area contributed by atoms with Gasteiger partial charge in [-0.25, -0.2) is 9.07 Å². The molecule has 0 unspecified atom stereocenters. The number of nitrogens with zero attached hydrogens (tertiary/aromatic N) is 3. The minimum absolute atomic E-state index is 0.0666. The van der Waals surface area contributed by atoms with Crippen LogP contribution in [0.25, 0.3) is 17.1 Å². The maximum Gasteiger partial charge on any atom is 0.336 e. The summed E-state index contributed by atoms with van der Waals surface area (Å²) >= 11 is 0. The Morgan fingerprint density at radius 2 is 2.00 bits per heavy atom. The molecule has 1 aliphatic rings. The zero-order chi connectivity index (χ0) is 18.8. The average molecular weight is 366 g/mol. The summed E-state index contributed by atoms with van der Waals surface area (Å²) in [5.74, 6) is 0.313. The van der Waals surface area contributed by atoms with E-state index < -0.39 is 0 Å². The van der Waals surface area contributed by atoms with Crippen molar-refractivity contribution in [2.45, 2.75) is 19.3 Å². The lowest BCUT2D eigenvalue weighted by Gasteiger charge is -2.24. The molecule has 1 heterocycles.